The summed E-state index contributed by atoms with van der Waals surface area (Å²) in [4.78, 5) is 4.24. The van der Waals surface area contributed by atoms with E-state index in [0.29, 0.717) is 6.42 Å². The molecule has 1 aromatic rings. The molecule has 3 N–H and O–H groups in total. The third kappa shape index (κ3) is 2.89. The molecule has 4 heteroatoms. The summed E-state index contributed by atoms with van der Waals surface area (Å²) in [7, 11) is 0. The monoisotopic (exact) mass is 180 g/mol. The van der Waals surface area contributed by atoms with Gasteiger partial charge in [-0.15, -0.1) is 0 Å². The van der Waals surface area contributed by atoms with Crippen molar-refractivity contribution in [1.29, 1.82) is 5.41 Å². The Morgan fingerprint density at radius 3 is 3.08 bits per heavy atom. The van der Waals surface area contributed by atoms with Gasteiger partial charge in [-0.2, -0.15) is 0 Å². The highest BCUT2D eigenvalue weighted by Gasteiger charge is 2.00. The average molecular weight is 180 g/mol. The smallest absolute Gasteiger partial charge is 0.108 e. The normalized spacial score (nSPS) is 10.2. The van der Waals surface area contributed by atoms with Crippen LogP contribution in [0.15, 0.2) is 12.4 Å². The van der Waals surface area contributed by atoms with Gasteiger partial charge in [0.2, 0.25) is 0 Å². The second-order valence-corrected chi connectivity index (χ2v) is 3.06. The maximum absolute atomic E-state index is 7.11. The lowest BCUT2D eigenvalue weighted by Gasteiger charge is -2.05. The summed E-state index contributed by atoms with van der Waals surface area (Å²) in [6, 6.07) is 0. The van der Waals surface area contributed by atoms with Gasteiger partial charge in [-0.25, -0.2) is 4.98 Å². The fraction of sp³-hybridized carbons (Fsp3) is 0.556. The van der Waals surface area contributed by atoms with Gasteiger partial charge in [0.15, 0.2) is 0 Å². The van der Waals surface area contributed by atoms with E-state index < -0.39 is 0 Å². The van der Waals surface area contributed by atoms with E-state index in [0.717, 1.165) is 25.2 Å². The summed E-state index contributed by atoms with van der Waals surface area (Å²) in [5.41, 5.74) is 5.28. The molecular weight excluding hydrogens is 164 g/mol. The number of imidazole rings is 1. The molecule has 0 fully saturated rings. The van der Waals surface area contributed by atoms with Crippen molar-refractivity contribution in [1.82, 2.24) is 9.55 Å². The Labute approximate surface area is 78.3 Å². The molecule has 0 radical (unpaired) electrons. The molecule has 1 rings (SSSR count). The maximum atomic E-state index is 7.11. The molecular formula is C9H16N4. The van der Waals surface area contributed by atoms with Crippen LogP contribution >= 0.6 is 0 Å². The number of nitrogens with zero attached hydrogens (tertiary/aromatic N) is 2. The van der Waals surface area contributed by atoms with E-state index in [1.54, 1.807) is 6.20 Å². The van der Waals surface area contributed by atoms with Crippen LogP contribution in [0.5, 0.6) is 0 Å². The van der Waals surface area contributed by atoms with Crippen molar-refractivity contribution in [3.05, 3.63) is 18.2 Å². The van der Waals surface area contributed by atoms with Crippen molar-refractivity contribution in [3.8, 4) is 0 Å². The van der Waals surface area contributed by atoms with Gasteiger partial charge in [0.25, 0.3) is 0 Å². The summed E-state index contributed by atoms with van der Waals surface area (Å²) < 4.78 is 2.06. The number of hydrogen-bond acceptors (Lipinski definition) is 2. The fourth-order valence-corrected chi connectivity index (χ4v) is 1.24. The summed E-state index contributed by atoms with van der Waals surface area (Å²) in [6.07, 6.45) is 6.42. The van der Waals surface area contributed by atoms with Crippen LogP contribution < -0.4 is 5.73 Å². The van der Waals surface area contributed by atoms with Gasteiger partial charge in [-0.3, -0.25) is 5.41 Å². The van der Waals surface area contributed by atoms with Crippen LogP contribution in [0.25, 0.3) is 0 Å². The van der Waals surface area contributed by atoms with Gasteiger partial charge in [-0.1, -0.05) is 6.92 Å². The molecule has 0 bridgehead atoms. The number of nitrogens with one attached hydrogen (secondary N) is 1. The Morgan fingerprint density at radius 1 is 1.69 bits per heavy atom. The SMILES string of the molecule is CCCc1nccn1CCC(=N)N. The molecule has 0 saturated heterocycles. The topological polar surface area (TPSA) is 67.7 Å². The largest absolute Gasteiger partial charge is 0.388 e. The molecule has 0 aliphatic heterocycles. The molecule has 0 saturated carbocycles. The molecule has 0 aliphatic carbocycles. The molecule has 72 valence electrons. The van der Waals surface area contributed by atoms with E-state index in [1.807, 2.05) is 6.20 Å². The minimum absolute atomic E-state index is 0.233. The third-order valence-electron chi connectivity index (χ3n) is 1.90. The third-order valence-corrected chi connectivity index (χ3v) is 1.90. The number of nitrogens with two attached hydrogens (primary N) is 1. The minimum Gasteiger partial charge on any atom is -0.388 e. The van der Waals surface area contributed by atoms with Gasteiger partial charge >= 0.3 is 0 Å². The Kier molecular flexibility index (Phi) is 3.49. The molecule has 0 aromatic carbocycles. The number of rotatable bonds is 5. The van der Waals surface area contributed by atoms with E-state index >= 15 is 0 Å². The quantitative estimate of drug-likeness (QED) is 0.527. The standard InChI is InChI=1S/C9H16N4/c1-2-3-9-12-5-7-13(9)6-4-8(10)11/h5,7H,2-4,6H2,1H3,(H3,10,11). The lowest BCUT2D eigenvalue weighted by atomic mass is 10.3. The zero-order chi connectivity index (χ0) is 9.68. The second-order valence-electron chi connectivity index (χ2n) is 3.06. The van der Waals surface area contributed by atoms with Crippen molar-refractivity contribution >= 4 is 5.84 Å². The van der Waals surface area contributed by atoms with Crippen molar-refractivity contribution in [2.45, 2.75) is 32.7 Å². The number of amidine groups is 1. The van der Waals surface area contributed by atoms with E-state index in [2.05, 4.69) is 16.5 Å². The van der Waals surface area contributed by atoms with Crippen LogP contribution in [0, 0.1) is 5.41 Å². The first-order chi connectivity index (χ1) is 6.24. The first-order valence-corrected chi connectivity index (χ1v) is 4.57. The first-order valence-electron chi connectivity index (χ1n) is 4.57. The molecule has 0 amide bonds. The van der Waals surface area contributed by atoms with E-state index in [1.165, 1.54) is 0 Å². The zero-order valence-corrected chi connectivity index (χ0v) is 7.95. The van der Waals surface area contributed by atoms with Crippen LogP contribution in [0.4, 0.5) is 0 Å². The number of hydrogen-bond donors (Lipinski definition) is 2. The Hall–Kier alpha value is -1.32. The predicted molar refractivity (Wildman–Crippen MR) is 52.8 cm³/mol. The molecule has 0 spiro atoms. The van der Waals surface area contributed by atoms with E-state index in [-0.39, 0.29) is 5.84 Å². The first kappa shape index (κ1) is 9.77. The van der Waals surface area contributed by atoms with Crippen LogP contribution in [0.3, 0.4) is 0 Å². The molecule has 4 nitrogen and oxygen atoms in total. The number of aryl methyl sites for hydroxylation is 2. The molecule has 0 unspecified atom stereocenters. The summed E-state index contributed by atoms with van der Waals surface area (Å²) >= 11 is 0. The lowest BCUT2D eigenvalue weighted by molar-refractivity contribution is 0.658. The van der Waals surface area contributed by atoms with Gasteiger partial charge < -0.3 is 10.3 Å². The highest BCUT2D eigenvalue weighted by atomic mass is 15.1. The average Bonchev–Trinajstić information content (AvgIpc) is 2.49. The van der Waals surface area contributed by atoms with Crippen LogP contribution in [0.2, 0.25) is 0 Å². The Balaban J connectivity index is 2.54. The predicted octanol–water partition coefficient (Wildman–Crippen LogP) is 1.16. The summed E-state index contributed by atoms with van der Waals surface area (Å²) in [5, 5.41) is 7.11. The van der Waals surface area contributed by atoms with Gasteiger partial charge in [0.05, 0.1) is 5.84 Å². The molecule has 1 heterocycles. The Bertz CT molecular complexity index is 277. The van der Waals surface area contributed by atoms with Gasteiger partial charge in [-0.05, 0) is 6.42 Å². The zero-order valence-electron chi connectivity index (χ0n) is 7.95. The van der Waals surface area contributed by atoms with Gasteiger partial charge in [0.1, 0.15) is 5.82 Å². The highest BCUT2D eigenvalue weighted by Crippen LogP contribution is 2.02. The van der Waals surface area contributed by atoms with E-state index in [9.17, 15) is 0 Å². The summed E-state index contributed by atoms with van der Waals surface area (Å²) in [5.74, 6) is 1.32. The van der Waals surface area contributed by atoms with Crippen LogP contribution in [-0.2, 0) is 13.0 Å². The maximum Gasteiger partial charge on any atom is 0.108 e. The van der Waals surface area contributed by atoms with Crippen molar-refractivity contribution in [2.75, 3.05) is 0 Å². The Morgan fingerprint density at radius 2 is 2.46 bits per heavy atom. The van der Waals surface area contributed by atoms with Crippen molar-refractivity contribution in [3.63, 3.8) is 0 Å². The minimum atomic E-state index is 0.233. The van der Waals surface area contributed by atoms with Crippen molar-refractivity contribution in [2.24, 2.45) is 5.73 Å². The van der Waals surface area contributed by atoms with Crippen LogP contribution in [-0.4, -0.2) is 15.4 Å². The second kappa shape index (κ2) is 4.64. The molecule has 13 heavy (non-hydrogen) atoms. The number of aromatic nitrogens is 2. The van der Waals surface area contributed by atoms with Gasteiger partial charge in [0, 0.05) is 31.8 Å². The lowest BCUT2D eigenvalue weighted by Crippen LogP contribution is -2.14. The summed E-state index contributed by atoms with van der Waals surface area (Å²) in [6.45, 7) is 2.90. The fourth-order valence-electron chi connectivity index (χ4n) is 1.24. The molecule has 1 aromatic heterocycles. The van der Waals surface area contributed by atoms with E-state index in [4.69, 9.17) is 11.1 Å². The molecule has 0 atom stereocenters. The highest BCUT2D eigenvalue weighted by molar-refractivity contribution is 5.76. The van der Waals surface area contributed by atoms with Crippen LogP contribution in [0.1, 0.15) is 25.6 Å². The van der Waals surface area contributed by atoms with Crippen molar-refractivity contribution < 1.29 is 0 Å². The molecule has 0 aliphatic rings.